The van der Waals surface area contributed by atoms with Crippen molar-refractivity contribution < 1.29 is 0 Å². The van der Waals surface area contributed by atoms with Gasteiger partial charge >= 0.3 is 344 Å². The van der Waals surface area contributed by atoms with E-state index in [-0.39, 0.29) is 0 Å². The number of hydrogen-bond donors (Lipinski definition) is 0. The summed E-state index contributed by atoms with van der Waals surface area (Å²) in [5, 5.41) is 0. The van der Waals surface area contributed by atoms with E-state index in [0.29, 0.717) is 0 Å². The van der Waals surface area contributed by atoms with Gasteiger partial charge in [-0.1, -0.05) is 0 Å². The molecule has 6 aromatic rings. The standard InChI is InChI=1S/C48H50As2Cl2N2/c1-27-17-31(5)45(32(6)18-27)39-13-15-43(41(25-39)47-35(9)21-29(3)22-36(47)10)53-49(51)54(50(53)52)44-16-14-40(46-33(7)19-28(2)20-34(46)8)26-42(44)48-37(11)23-30(4)24-38(48)12/h13-26H,1-12H3. The first-order chi connectivity index (χ1) is 25.5. The van der Waals surface area contributed by atoms with Crippen LogP contribution in [0.1, 0.15) is 66.8 Å². The van der Waals surface area contributed by atoms with Gasteiger partial charge in [0, 0.05) is 0 Å². The summed E-state index contributed by atoms with van der Waals surface area (Å²) in [7, 11) is 15.5. The Hall–Kier alpha value is -3.38. The molecule has 0 bridgehead atoms. The molecule has 0 spiro atoms. The monoisotopic (exact) mass is 874 g/mol. The van der Waals surface area contributed by atoms with Crippen LogP contribution < -0.4 is 5.47 Å². The van der Waals surface area contributed by atoms with Gasteiger partial charge in [-0.25, -0.2) is 0 Å². The third-order valence-electron chi connectivity index (χ3n) is 10.9. The second-order valence-corrected chi connectivity index (χ2v) is 27.1. The quantitative estimate of drug-likeness (QED) is 0.154. The van der Waals surface area contributed by atoms with Gasteiger partial charge in [-0.2, -0.15) is 0 Å². The number of benzene rings is 6. The molecular weight excluding hydrogens is 825 g/mol. The minimum absolute atomic E-state index is 1.16. The molecule has 0 atom stereocenters. The van der Waals surface area contributed by atoms with E-state index in [1.54, 1.807) is 0 Å². The third kappa shape index (κ3) is 6.88. The summed E-state index contributed by atoms with van der Waals surface area (Å²) in [6.07, 6.45) is 0. The van der Waals surface area contributed by atoms with Crippen LogP contribution in [-0.2, 0) is 0 Å². The second kappa shape index (κ2) is 14.9. The van der Waals surface area contributed by atoms with Gasteiger partial charge in [0.25, 0.3) is 0 Å². The minimum atomic E-state index is -2.35. The SMILES string of the molecule is Cc1cc(C)c(-c2ccc(N3[As](Cl)N(c4ccc(-c5c(C)cc(C)cc5C)cc4-c4c(C)cc(C)cc4C)[As]3Cl)c(-c3c(C)cc(C)cc3C)c2)c(C)c1. The van der Waals surface area contributed by atoms with Gasteiger partial charge in [0.05, 0.1) is 0 Å². The molecule has 0 amide bonds. The normalized spacial score (nSPS) is 15.5. The van der Waals surface area contributed by atoms with Gasteiger partial charge in [0.1, 0.15) is 0 Å². The van der Waals surface area contributed by atoms with Crippen molar-refractivity contribution in [3.8, 4) is 44.5 Å². The third-order valence-corrected chi connectivity index (χ3v) is 30.6. The zero-order chi connectivity index (χ0) is 38.9. The van der Waals surface area contributed by atoms with Crippen LogP contribution in [0.5, 0.6) is 0 Å². The van der Waals surface area contributed by atoms with Crippen molar-refractivity contribution in [2.75, 3.05) is 5.47 Å². The summed E-state index contributed by atoms with van der Waals surface area (Å²) >= 11 is -4.69. The first-order valence-corrected chi connectivity index (χ1v) is 27.0. The molecule has 276 valence electrons. The Kier molecular flexibility index (Phi) is 10.8. The summed E-state index contributed by atoms with van der Waals surface area (Å²) in [6.45, 7) is 26.6. The van der Waals surface area contributed by atoms with Crippen molar-refractivity contribution in [3.05, 3.63) is 152 Å². The van der Waals surface area contributed by atoms with Crippen molar-refractivity contribution in [3.63, 3.8) is 0 Å². The van der Waals surface area contributed by atoms with Crippen LogP contribution in [0.25, 0.3) is 44.5 Å². The van der Waals surface area contributed by atoms with Gasteiger partial charge in [0.2, 0.25) is 0 Å². The van der Waals surface area contributed by atoms with Crippen LogP contribution in [0, 0.1) is 83.1 Å². The predicted molar refractivity (Wildman–Crippen MR) is 240 cm³/mol. The summed E-state index contributed by atoms with van der Waals surface area (Å²) in [5.41, 5.74) is 27.7. The number of anilines is 2. The average molecular weight is 876 g/mol. The summed E-state index contributed by atoms with van der Waals surface area (Å²) in [6, 6.07) is 32.3. The van der Waals surface area contributed by atoms with Gasteiger partial charge in [-0.05, 0) is 0 Å². The molecule has 1 saturated heterocycles. The fourth-order valence-electron chi connectivity index (χ4n) is 9.22. The number of nitrogens with zero attached hydrogens (tertiary/aromatic N) is 2. The maximum absolute atomic E-state index is 7.77. The Morgan fingerprint density at radius 1 is 0.333 bits per heavy atom. The molecule has 1 aliphatic heterocycles. The summed E-state index contributed by atoms with van der Waals surface area (Å²) < 4.78 is 4.91. The molecule has 6 heteroatoms. The Balaban J connectivity index is 1.39. The molecular formula is C48H50As2Cl2N2. The van der Waals surface area contributed by atoms with E-state index in [9.17, 15) is 0 Å². The molecule has 0 aliphatic carbocycles. The molecule has 0 unspecified atom stereocenters. The van der Waals surface area contributed by atoms with Gasteiger partial charge in [0.15, 0.2) is 0 Å². The van der Waals surface area contributed by atoms with E-state index in [1.807, 2.05) is 0 Å². The first-order valence-electron chi connectivity index (χ1n) is 18.7. The van der Waals surface area contributed by atoms with Crippen molar-refractivity contribution in [1.82, 2.24) is 0 Å². The molecule has 1 fully saturated rings. The summed E-state index contributed by atoms with van der Waals surface area (Å²) in [4.78, 5) is 0. The van der Waals surface area contributed by atoms with E-state index in [4.69, 9.17) is 19.9 Å². The molecule has 2 nitrogen and oxygen atoms in total. The van der Waals surface area contributed by atoms with E-state index in [2.05, 4.69) is 173 Å². The maximum atomic E-state index is 7.77. The molecule has 0 aromatic heterocycles. The second-order valence-electron chi connectivity index (χ2n) is 15.6. The zero-order valence-electron chi connectivity index (χ0n) is 33.6. The average Bonchev–Trinajstić information content (AvgIpc) is 3.05. The molecule has 54 heavy (non-hydrogen) atoms. The Morgan fingerprint density at radius 3 is 0.833 bits per heavy atom. The van der Waals surface area contributed by atoms with Crippen molar-refractivity contribution in [2.24, 2.45) is 0 Å². The molecule has 0 radical (unpaired) electrons. The van der Waals surface area contributed by atoms with Crippen molar-refractivity contribution in [1.29, 1.82) is 0 Å². The van der Waals surface area contributed by atoms with Crippen LogP contribution in [0.3, 0.4) is 0 Å². The molecule has 1 aliphatic rings. The van der Waals surface area contributed by atoms with Gasteiger partial charge in [-0.3, -0.25) is 0 Å². The van der Waals surface area contributed by atoms with E-state index < -0.39 is 28.3 Å². The fraction of sp³-hybridized carbons (Fsp3) is 0.250. The first kappa shape index (κ1) is 38.9. The zero-order valence-corrected chi connectivity index (χ0v) is 38.9. The number of halogens is 2. The Morgan fingerprint density at radius 2 is 0.574 bits per heavy atom. The van der Waals surface area contributed by atoms with Crippen LogP contribution in [-0.4, -0.2) is 28.3 Å². The van der Waals surface area contributed by atoms with Crippen molar-refractivity contribution >= 4 is 59.6 Å². The molecule has 6 aromatic carbocycles. The van der Waals surface area contributed by atoms with Crippen LogP contribution in [0.4, 0.5) is 11.4 Å². The fourth-order valence-corrected chi connectivity index (χ4v) is 28.2. The van der Waals surface area contributed by atoms with E-state index >= 15 is 0 Å². The number of hydrogen-bond acceptors (Lipinski definition) is 2. The van der Waals surface area contributed by atoms with Crippen LogP contribution in [0.15, 0.2) is 84.9 Å². The van der Waals surface area contributed by atoms with Crippen LogP contribution in [0.2, 0.25) is 0 Å². The molecule has 0 saturated carbocycles. The van der Waals surface area contributed by atoms with Crippen LogP contribution >= 0.6 is 19.9 Å². The number of rotatable bonds is 6. The van der Waals surface area contributed by atoms with Gasteiger partial charge < -0.3 is 0 Å². The Bertz CT molecular complexity index is 2210. The molecule has 0 N–H and O–H groups in total. The Labute approximate surface area is 341 Å². The number of aryl methyl sites for hydroxylation is 12. The van der Waals surface area contributed by atoms with Gasteiger partial charge in [-0.15, -0.1) is 0 Å². The van der Waals surface area contributed by atoms with E-state index in [1.165, 1.54) is 111 Å². The predicted octanol–water partition coefficient (Wildman–Crippen LogP) is 13.8. The molecule has 1 heterocycles. The topological polar surface area (TPSA) is 6.48 Å². The van der Waals surface area contributed by atoms with Crippen molar-refractivity contribution in [2.45, 2.75) is 83.1 Å². The summed E-state index contributed by atoms with van der Waals surface area (Å²) in [5.74, 6) is 0. The molecule has 7 rings (SSSR count). The van der Waals surface area contributed by atoms with E-state index in [0.717, 1.165) is 11.4 Å².